The molecule has 12 aliphatic heterocycles. The van der Waals surface area contributed by atoms with Crippen molar-refractivity contribution in [1.82, 2.24) is 0 Å². The molecular weight excluding hydrogens is 1180 g/mol. The van der Waals surface area contributed by atoms with Crippen LogP contribution in [0.4, 0.5) is 0 Å². The highest BCUT2D eigenvalue weighted by Crippen LogP contribution is 2.88. The van der Waals surface area contributed by atoms with Crippen molar-refractivity contribution >= 4 is 53.7 Å². The first-order valence-electron chi connectivity index (χ1n) is 30.6. The highest BCUT2D eigenvalue weighted by molar-refractivity contribution is 5.97. The summed E-state index contributed by atoms with van der Waals surface area (Å²) < 4.78 is 67.9. The molecular formula is C60H72O29. The van der Waals surface area contributed by atoms with Crippen LogP contribution in [0, 0.1) is 84.2 Å². The summed E-state index contributed by atoms with van der Waals surface area (Å²) in [4.78, 5) is 115. The Morgan fingerprint density at radius 1 is 0.371 bits per heavy atom. The Labute approximate surface area is 505 Å². The molecule has 6 saturated carbocycles. The second-order valence-electron chi connectivity index (χ2n) is 31.9. The SMILES string of the molecule is CC1C(=O)OC2C(O)C34C5CC(C(C)(C)C)C36C(OC(=O)C6O)OC4(C(=O)O5)C12O.CC1C(=O)OC2C(O)C34C5CC(C(C)(C)C)C36C(OC(=O)C6O)OC4(C(=O)O5)C12O.CC1C(=O)OC2CC34C5CC(C(C)(C)C)C36C(OC(=O)C6O)OC4(C(=O)O5)C21O. The van der Waals surface area contributed by atoms with Gasteiger partial charge in [-0.05, 0) is 74.0 Å². The quantitative estimate of drug-likeness (QED) is 0.0881. The van der Waals surface area contributed by atoms with Crippen molar-refractivity contribution < 1.29 is 141 Å². The van der Waals surface area contributed by atoms with Crippen LogP contribution in [0.25, 0.3) is 0 Å². The van der Waals surface area contributed by atoms with Crippen molar-refractivity contribution in [3.63, 3.8) is 0 Å². The Kier molecular flexibility index (Phi) is 10.4. The van der Waals surface area contributed by atoms with Gasteiger partial charge in [0.05, 0.1) is 50.2 Å². The highest BCUT2D eigenvalue weighted by atomic mass is 16.8. The van der Waals surface area contributed by atoms with Crippen molar-refractivity contribution in [3.05, 3.63) is 0 Å². The monoisotopic (exact) mass is 1260 g/mol. The molecule has 29 nitrogen and oxygen atoms in total. The Bertz CT molecular complexity index is 3290. The number of carbonyl (C=O) groups is 9. The van der Waals surface area contributed by atoms with Crippen LogP contribution in [0.3, 0.4) is 0 Å². The molecule has 6 aliphatic carbocycles. The number of hydrogen-bond donors (Lipinski definition) is 8. The molecule has 32 atom stereocenters. The molecule has 18 aliphatic rings. The molecule has 32 unspecified atom stereocenters. The zero-order valence-corrected chi connectivity index (χ0v) is 50.5. The smallest absolute Gasteiger partial charge is 0.343 e. The van der Waals surface area contributed by atoms with Gasteiger partial charge in [0.15, 0.2) is 47.3 Å². The van der Waals surface area contributed by atoms with Crippen molar-refractivity contribution in [2.24, 2.45) is 84.2 Å². The molecule has 29 heteroatoms. The van der Waals surface area contributed by atoms with Crippen LogP contribution in [0.5, 0.6) is 0 Å². The van der Waals surface area contributed by atoms with E-state index in [0.29, 0.717) is 6.42 Å². The van der Waals surface area contributed by atoms with Crippen LogP contribution >= 0.6 is 0 Å². The lowest BCUT2D eigenvalue weighted by Gasteiger charge is -2.47. The van der Waals surface area contributed by atoms with Crippen LogP contribution in [0.2, 0.25) is 0 Å². The van der Waals surface area contributed by atoms with Gasteiger partial charge in [0, 0.05) is 6.42 Å². The number of esters is 9. The zero-order valence-electron chi connectivity index (χ0n) is 50.5. The number of carbonyl (C=O) groups excluding carboxylic acids is 9. The van der Waals surface area contributed by atoms with Gasteiger partial charge >= 0.3 is 53.7 Å². The van der Waals surface area contributed by atoms with Crippen molar-refractivity contribution in [1.29, 1.82) is 0 Å². The second-order valence-corrected chi connectivity index (χ2v) is 31.9. The number of hydrogen-bond acceptors (Lipinski definition) is 29. The summed E-state index contributed by atoms with van der Waals surface area (Å²) in [5.41, 5.74) is -23.3. The standard InChI is InChI=1S/2C20H24O10.C20H24O9/c2*1-6-12(23)28-11-9(21)18-8-5-7(16(2,3)4)17(18)10(22)13(24)29-15(17)30-20(18,14(25)27-8)19(6,11)26;1-7-12(22)26-10-6-17-9-5-8(16(2,3)4)18(17)11(21)13(23)28-15(18)29-20(17,14(24)27-9)19(7,10)25/h2*6-11,15,21-22,26H,5H2,1-4H3;7-11,15,21,25H,5-6H2,1-4H3. The maximum atomic E-state index is 13.4. The minimum absolute atomic E-state index is 0.0623. The van der Waals surface area contributed by atoms with E-state index in [4.69, 9.17) is 56.8 Å². The summed E-state index contributed by atoms with van der Waals surface area (Å²) in [6, 6.07) is 0. The first-order valence-corrected chi connectivity index (χ1v) is 30.6. The van der Waals surface area contributed by atoms with E-state index in [9.17, 15) is 84.0 Å². The normalized spacial score (nSPS) is 59.8. The van der Waals surface area contributed by atoms with Gasteiger partial charge in [-0.25, -0.2) is 28.8 Å². The average Bonchev–Trinajstić information content (AvgIpc) is 1.44. The predicted molar refractivity (Wildman–Crippen MR) is 275 cm³/mol. The van der Waals surface area contributed by atoms with E-state index in [0.717, 1.165) is 0 Å². The summed E-state index contributed by atoms with van der Waals surface area (Å²) in [6.45, 7) is 21.8. The van der Waals surface area contributed by atoms with Crippen LogP contribution in [0.1, 0.15) is 109 Å². The fourth-order valence-electron chi connectivity index (χ4n) is 24.3. The summed E-state index contributed by atoms with van der Waals surface area (Å²) in [5, 5.41) is 92.4. The van der Waals surface area contributed by atoms with Gasteiger partial charge in [0.25, 0.3) is 0 Å². The Morgan fingerprint density at radius 3 is 1.09 bits per heavy atom. The first kappa shape index (κ1) is 58.8. The molecule has 0 aromatic heterocycles. The van der Waals surface area contributed by atoms with Crippen molar-refractivity contribution in [2.75, 3.05) is 0 Å². The summed E-state index contributed by atoms with van der Waals surface area (Å²) in [6.07, 6.45) is -17.8. The van der Waals surface area contributed by atoms with Crippen molar-refractivity contribution in [2.45, 2.75) is 228 Å². The molecule has 0 radical (unpaired) electrons. The van der Waals surface area contributed by atoms with Gasteiger partial charge in [-0.3, -0.25) is 14.4 Å². The molecule has 8 N–H and O–H groups in total. The van der Waals surface area contributed by atoms with Crippen molar-refractivity contribution in [3.8, 4) is 0 Å². The maximum absolute atomic E-state index is 13.4. The third kappa shape index (κ3) is 4.91. The summed E-state index contributed by atoms with van der Waals surface area (Å²) >= 11 is 0. The number of rotatable bonds is 0. The fraction of sp³-hybridized carbons (Fsp3) is 0.850. The number of ether oxygens (including phenoxy) is 12. The molecule has 18 rings (SSSR count). The minimum atomic E-state index is -2.24. The lowest BCUT2D eigenvalue weighted by atomic mass is 9.51. The summed E-state index contributed by atoms with van der Waals surface area (Å²) in [5.74, 6) is -12.2. The van der Waals surface area contributed by atoms with Gasteiger partial charge in [0.1, 0.15) is 36.6 Å². The molecule has 6 spiro atoms. The van der Waals surface area contributed by atoms with E-state index >= 15 is 0 Å². The van der Waals surface area contributed by atoms with E-state index in [1.807, 2.05) is 62.3 Å². The van der Waals surface area contributed by atoms with Gasteiger partial charge in [0.2, 0.25) is 35.7 Å². The van der Waals surface area contributed by atoms with Gasteiger partial charge in [-0.1, -0.05) is 62.3 Å². The molecule has 12 heterocycles. The molecule has 0 amide bonds. The van der Waals surface area contributed by atoms with Crippen LogP contribution in [0.15, 0.2) is 0 Å². The lowest BCUT2D eigenvalue weighted by Crippen LogP contribution is -2.67. The third-order valence-electron chi connectivity index (χ3n) is 27.0. The Balaban J connectivity index is 0.000000107. The van der Waals surface area contributed by atoms with Crippen LogP contribution in [-0.4, -0.2) is 214 Å². The predicted octanol–water partition coefficient (Wildman–Crippen LogP) is -3.08. The Morgan fingerprint density at radius 2 is 0.685 bits per heavy atom. The fourth-order valence-corrected chi connectivity index (χ4v) is 24.3. The molecule has 18 fully saturated rings. The van der Waals surface area contributed by atoms with E-state index in [2.05, 4.69) is 0 Å². The molecule has 486 valence electrons. The lowest BCUT2D eigenvalue weighted by molar-refractivity contribution is -0.239. The third-order valence-corrected chi connectivity index (χ3v) is 27.0. The van der Waals surface area contributed by atoms with Gasteiger partial charge in [-0.2, -0.15) is 0 Å². The molecule has 12 saturated heterocycles. The van der Waals surface area contributed by atoms with Gasteiger partial charge < -0.3 is 97.7 Å². The van der Waals surface area contributed by atoms with E-state index in [-0.39, 0.29) is 30.6 Å². The molecule has 89 heavy (non-hydrogen) atoms. The van der Waals surface area contributed by atoms with Crippen LogP contribution in [-0.2, 0) is 100.0 Å². The molecule has 0 aromatic carbocycles. The molecule has 0 bridgehead atoms. The van der Waals surface area contributed by atoms with Gasteiger partial charge in [-0.15, -0.1) is 0 Å². The number of aliphatic hydroxyl groups is 8. The highest BCUT2D eigenvalue weighted by Gasteiger charge is 3.07. The minimum Gasteiger partial charge on any atom is -0.459 e. The molecule has 0 aromatic rings. The van der Waals surface area contributed by atoms with E-state index in [1.165, 1.54) is 20.8 Å². The number of fused-ring (bicyclic) bond motifs is 3. The Hall–Kier alpha value is -5.21. The van der Waals surface area contributed by atoms with E-state index in [1.54, 1.807) is 0 Å². The van der Waals surface area contributed by atoms with E-state index < -0.39 is 246 Å². The maximum Gasteiger partial charge on any atom is 0.343 e. The van der Waals surface area contributed by atoms with Crippen LogP contribution < -0.4 is 0 Å². The largest absolute Gasteiger partial charge is 0.459 e. The number of aliphatic hydroxyl groups excluding tert-OH is 5. The topological polar surface area (TPSA) is 426 Å². The second kappa shape index (κ2) is 15.7. The first-order chi connectivity index (χ1) is 41.1. The zero-order chi connectivity index (χ0) is 64.6. The average molecular weight is 1260 g/mol. The summed E-state index contributed by atoms with van der Waals surface area (Å²) in [7, 11) is 0.